The fourth-order valence-corrected chi connectivity index (χ4v) is 9.81. The molecule has 0 atom stereocenters. The van der Waals surface area contributed by atoms with E-state index in [9.17, 15) is 0 Å². The van der Waals surface area contributed by atoms with Gasteiger partial charge in [0.2, 0.25) is 0 Å². The molecular formula is C45H25N3OS2. The third-order valence-corrected chi connectivity index (χ3v) is 12.1. The molecule has 0 aliphatic heterocycles. The molecule has 51 heavy (non-hydrogen) atoms. The Hall–Kier alpha value is -6.21. The van der Waals surface area contributed by atoms with Crippen LogP contribution in [0.25, 0.3) is 108 Å². The lowest BCUT2D eigenvalue weighted by molar-refractivity contribution is 0.670. The number of hydrogen-bond acceptors (Lipinski definition) is 6. The third kappa shape index (κ3) is 4.47. The predicted octanol–water partition coefficient (Wildman–Crippen LogP) is 13.2. The Morgan fingerprint density at radius 2 is 1.06 bits per heavy atom. The number of rotatable bonds is 4. The van der Waals surface area contributed by atoms with E-state index in [0.29, 0.717) is 17.5 Å². The summed E-state index contributed by atoms with van der Waals surface area (Å²) in [6.07, 6.45) is 0. The van der Waals surface area contributed by atoms with E-state index in [1.165, 1.54) is 45.9 Å². The van der Waals surface area contributed by atoms with Crippen molar-refractivity contribution >= 4 is 85.0 Å². The molecule has 0 aliphatic carbocycles. The molecule has 0 fully saturated rings. The Balaban J connectivity index is 1.11. The molecule has 238 valence electrons. The van der Waals surface area contributed by atoms with Crippen LogP contribution in [0.1, 0.15) is 0 Å². The monoisotopic (exact) mass is 687 g/mol. The molecule has 0 saturated heterocycles. The highest BCUT2D eigenvalue weighted by molar-refractivity contribution is 7.26. The maximum atomic E-state index is 6.46. The minimum atomic E-state index is 0.655. The van der Waals surface area contributed by atoms with Crippen LogP contribution in [-0.4, -0.2) is 15.0 Å². The van der Waals surface area contributed by atoms with Crippen LogP contribution in [0.3, 0.4) is 0 Å². The van der Waals surface area contributed by atoms with Crippen molar-refractivity contribution in [3.8, 4) is 45.3 Å². The lowest BCUT2D eigenvalue weighted by Gasteiger charge is -2.09. The van der Waals surface area contributed by atoms with Crippen molar-refractivity contribution in [2.24, 2.45) is 0 Å². The van der Waals surface area contributed by atoms with Gasteiger partial charge in [-0.2, -0.15) is 0 Å². The van der Waals surface area contributed by atoms with Crippen molar-refractivity contribution < 1.29 is 4.42 Å². The van der Waals surface area contributed by atoms with Crippen molar-refractivity contribution in [2.45, 2.75) is 0 Å². The van der Waals surface area contributed by atoms with Gasteiger partial charge >= 0.3 is 0 Å². The Labute approximate surface area is 299 Å². The fraction of sp³-hybridized carbons (Fsp3) is 0. The predicted molar refractivity (Wildman–Crippen MR) is 215 cm³/mol. The molecule has 0 radical (unpaired) electrons. The first kappa shape index (κ1) is 28.6. The SMILES string of the molecule is c1ccc(-c2nc(-c3ccc4c(c3)sc3c(-c5cccc6c5oc5ccccc56)cccc34)nc(-c3cccc4sc5ccccc5c34)n2)cc1. The molecule has 6 heteroatoms. The van der Waals surface area contributed by atoms with Crippen LogP contribution >= 0.6 is 22.7 Å². The summed E-state index contributed by atoms with van der Waals surface area (Å²) in [7, 11) is 0. The van der Waals surface area contributed by atoms with Crippen molar-refractivity contribution in [1.82, 2.24) is 15.0 Å². The first-order valence-corrected chi connectivity index (χ1v) is 18.5. The number of fused-ring (bicyclic) bond motifs is 9. The molecule has 0 bridgehead atoms. The molecule has 0 spiro atoms. The van der Waals surface area contributed by atoms with Crippen LogP contribution in [0, 0.1) is 0 Å². The molecular weight excluding hydrogens is 663 g/mol. The largest absolute Gasteiger partial charge is 0.455 e. The summed E-state index contributed by atoms with van der Waals surface area (Å²) in [5.41, 5.74) is 7.02. The van der Waals surface area contributed by atoms with Gasteiger partial charge in [-0.3, -0.25) is 0 Å². The summed E-state index contributed by atoms with van der Waals surface area (Å²) in [5, 5.41) is 7.11. The van der Waals surface area contributed by atoms with E-state index in [0.717, 1.165) is 44.2 Å². The van der Waals surface area contributed by atoms with Gasteiger partial charge in [-0.25, -0.2) is 15.0 Å². The third-order valence-electron chi connectivity index (χ3n) is 9.76. The van der Waals surface area contributed by atoms with Crippen LogP contribution in [0.4, 0.5) is 0 Å². The first-order chi connectivity index (χ1) is 25.3. The van der Waals surface area contributed by atoms with Crippen molar-refractivity contribution in [3.05, 3.63) is 152 Å². The molecule has 7 aromatic carbocycles. The minimum absolute atomic E-state index is 0.655. The van der Waals surface area contributed by atoms with Gasteiger partial charge in [0.1, 0.15) is 11.2 Å². The zero-order valence-electron chi connectivity index (χ0n) is 27.0. The van der Waals surface area contributed by atoms with Gasteiger partial charge in [-0.05, 0) is 24.3 Å². The second kappa shape index (κ2) is 11.2. The van der Waals surface area contributed by atoms with E-state index in [1.807, 2.05) is 30.3 Å². The summed E-state index contributed by atoms with van der Waals surface area (Å²) in [6, 6.07) is 53.1. The highest BCUT2D eigenvalue weighted by atomic mass is 32.1. The van der Waals surface area contributed by atoms with Gasteiger partial charge in [0.05, 0.1) is 0 Å². The topological polar surface area (TPSA) is 51.8 Å². The lowest BCUT2D eigenvalue weighted by Crippen LogP contribution is -2.00. The molecule has 4 heterocycles. The van der Waals surface area contributed by atoms with Gasteiger partial charge in [-0.15, -0.1) is 22.7 Å². The molecule has 11 rings (SSSR count). The highest BCUT2D eigenvalue weighted by Gasteiger charge is 2.19. The van der Waals surface area contributed by atoms with Gasteiger partial charge in [0.25, 0.3) is 0 Å². The second-order valence-electron chi connectivity index (χ2n) is 12.7. The molecule has 4 nitrogen and oxygen atoms in total. The van der Waals surface area contributed by atoms with E-state index < -0.39 is 0 Å². The van der Waals surface area contributed by atoms with Crippen LogP contribution < -0.4 is 0 Å². The molecule has 0 amide bonds. The molecule has 0 aliphatic rings. The normalized spacial score (nSPS) is 11.9. The number of para-hydroxylation sites is 2. The van der Waals surface area contributed by atoms with Crippen molar-refractivity contribution in [3.63, 3.8) is 0 Å². The smallest absolute Gasteiger partial charge is 0.164 e. The van der Waals surface area contributed by atoms with E-state index in [1.54, 1.807) is 22.7 Å². The van der Waals surface area contributed by atoms with Gasteiger partial charge in [-0.1, -0.05) is 127 Å². The molecule has 11 aromatic rings. The number of thiophene rings is 2. The van der Waals surface area contributed by atoms with Crippen LogP contribution in [0.5, 0.6) is 0 Å². The summed E-state index contributed by atoms with van der Waals surface area (Å²) >= 11 is 3.60. The molecule has 0 N–H and O–H groups in total. The van der Waals surface area contributed by atoms with E-state index in [2.05, 4.69) is 121 Å². The zero-order chi connectivity index (χ0) is 33.5. The Kier molecular flexibility index (Phi) is 6.26. The quantitative estimate of drug-likeness (QED) is 0.185. The van der Waals surface area contributed by atoms with Crippen molar-refractivity contribution in [1.29, 1.82) is 0 Å². The van der Waals surface area contributed by atoms with Gasteiger partial charge in [0, 0.05) is 78.9 Å². The second-order valence-corrected chi connectivity index (χ2v) is 14.9. The maximum absolute atomic E-state index is 6.46. The number of furan rings is 1. The summed E-state index contributed by atoms with van der Waals surface area (Å²) < 4.78 is 11.3. The summed E-state index contributed by atoms with van der Waals surface area (Å²) in [4.78, 5) is 15.4. The van der Waals surface area contributed by atoms with Crippen LogP contribution in [-0.2, 0) is 0 Å². The molecule has 0 unspecified atom stereocenters. The van der Waals surface area contributed by atoms with E-state index in [-0.39, 0.29) is 0 Å². The number of hydrogen-bond donors (Lipinski definition) is 0. The average Bonchev–Trinajstić information content (AvgIpc) is 3.89. The zero-order valence-corrected chi connectivity index (χ0v) is 28.6. The molecule has 4 aromatic heterocycles. The summed E-state index contributed by atoms with van der Waals surface area (Å²) in [5.74, 6) is 1.98. The number of nitrogens with zero attached hydrogens (tertiary/aromatic N) is 3. The fourth-order valence-electron chi connectivity index (χ4n) is 7.41. The van der Waals surface area contributed by atoms with Gasteiger partial charge in [0.15, 0.2) is 17.5 Å². The Bertz CT molecular complexity index is 3160. The molecule has 0 saturated carbocycles. The Morgan fingerprint density at radius 3 is 1.96 bits per heavy atom. The number of aromatic nitrogens is 3. The first-order valence-electron chi connectivity index (χ1n) is 16.9. The van der Waals surface area contributed by atoms with Crippen LogP contribution in [0.15, 0.2) is 156 Å². The van der Waals surface area contributed by atoms with E-state index >= 15 is 0 Å². The van der Waals surface area contributed by atoms with Crippen LogP contribution in [0.2, 0.25) is 0 Å². The number of benzene rings is 7. The minimum Gasteiger partial charge on any atom is -0.455 e. The standard InChI is InChI=1S/C45H25N3OS2/c1-2-11-26(12-3-1)43-46-44(48-45(47-43)35-19-10-22-38-40(35)34-14-5-7-21-37(34)50-38)27-23-24-29-32-17-9-18-33(42(32)51-39(29)25-27)31-16-8-15-30-28-13-4-6-20-36(28)49-41(30)31/h1-25H. The van der Waals surface area contributed by atoms with E-state index in [4.69, 9.17) is 19.4 Å². The maximum Gasteiger partial charge on any atom is 0.164 e. The van der Waals surface area contributed by atoms with Crippen molar-refractivity contribution in [2.75, 3.05) is 0 Å². The highest BCUT2D eigenvalue weighted by Crippen LogP contribution is 2.45. The van der Waals surface area contributed by atoms with Gasteiger partial charge < -0.3 is 4.42 Å². The lowest BCUT2D eigenvalue weighted by atomic mass is 10.00. The summed E-state index contributed by atoms with van der Waals surface area (Å²) in [6.45, 7) is 0. The Morgan fingerprint density at radius 1 is 0.392 bits per heavy atom. The average molecular weight is 688 g/mol.